The minimum atomic E-state index is -0.421. The molecule has 20 heavy (non-hydrogen) atoms. The Kier molecular flexibility index (Phi) is 3.30. The summed E-state index contributed by atoms with van der Waals surface area (Å²) < 4.78 is 12.9. The van der Waals surface area contributed by atoms with E-state index in [4.69, 9.17) is 5.73 Å². The van der Waals surface area contributed by atoms with Crippen molar-refractivity contribution in [3.8, 4) is 0 Å². The summed E-state index contributed by atoms with van der Waals surface area (Å²) in [6.07, 6.45) is 5.29. The van der Waals surface area contributed by atoms with Gasteiger partial charge in [-0.05, 0) is 49.9 Å². The lowest BCUT2D eigenvalue weighted by atomic mass is 9.90. The second-order valence-corrected chi connectivity index (χ2v) is 5.26. The second kappa shape index (κ2) is 5.11. The molecule has 3 rings (SSSR count). The van der Waals surface area contributed by atoms with Gasteiger partial charge in [-0.3, -0.25) is 5.32 Å². The Morgan fingerprint density at radius 3 is 2.50 bits per heavy atom. The maximum atomic E-state index is 12.9. The van der Waals surface area contributed by atoms with Crippen LogP contribution >= 0.6 is 0 Å². The second-order valence-electron chi connectivity index (χ2n) is 5.26. The van der Waals surface area contributed by atoms with Crippen molar-refractivity contribution in [3.05, 3.63) is 30.1 Å². The van der Waals surface area contributed by atoms with Crippen LogP contribution in [0, 0.1) is 5.82 Å². The van der Waals surface area contributed by atoms with E-state index in [1.54, 1.807) is 12.1 Å². The quantitative estimate of drug-likeness (QED) is 0.735. The number of nitrogens with zero attached hydrogens (tertiary/aromatic N) is 2. The first-order valence-corrected chi connectivity index (χ1v) is 6.90. The Labute approximate surface area is 117 Å². The van der Waals surface area contributed by atoms with Crippen LogP contribution in [0.25, 0.3) is 0 Å². The molecule has 0 radical (unpaired) electrons. The van der Waals surface area contributed by atoms with Gasteiger partial charge < -0.3 is 11.1 Å². The van der Waals surface area contributed by atoms with Gasteiger partial charge in [0.05, 0.1) is 0 Å². The highest BCUT2D eigenvalue weighted by Gasteiger charge is 2.34. The Morgan fingerprint density at radius 1 is 1.10 bits per heavy atom. The Balaban J connectivity index is 1.80. The molecule has 6 heteroatoms. The molecule has 1 fully saturated rings. The van der Waals surface area contributed by atoms with E-state index in [0.717, 1.165) is 31.4 Å². The number of hydrogen-bond donors (Lipinski definition) is 3. The van der Waals surface area contributed by atoms with E-state index in [1.165, 1.54) is 18.6 Å². The summed E-state index contributed by atoms with van der Waals surface area (Å²) >= 11 is 0. The average Bonchev–Trinajstić information content (AvgIpc) is 2.41. The first-order chi connectivity index (χ1) is 9.65. The number of guanidine groups is 2. The number of aliphatic imine (C=N–C) groups is 2. The van der Waals surface area contributed by atoms with Crippen LogP contribution in [0.15, 0.2) is 34.3 Å². The van der Waals surface area contributed by atoms with Gasteiger partial charge in [-0.2, -0.15) is 0 Å². The van der Waals surface area contributed by atoms with E-state index in [2.05, 4.69) is 20.6 Å². The highest BCUT2D eigenvalue weighted by molar-refractivity contribution is 6.06. The molecule has 5 nitrogen and oxygen atoms in total. The van der Waals surface area contributed by atoms with Gasteiger partial charge in [0.2, 0.25) is 5.96 Å². The number of nitrogens with one attached hydrogen (secondary N) is 2. The van der Waals surface area contributed by atoms with Gasteiger partial charge in [-0.15, -0.1) is 0 Å². The van der Waals surface area contributed by atoms with E-state index < -0.39 is 5.66 Å². The molecular formula is C14H18FN5. The predicted octanol–water partition coefficient (Wildman–Crippen LogP) is 2.17. The standard InChI is InChI=1S/C14H18FN5/c15-10-4-6-11(7-5-10)17-13-18-12(16)19-14(20-13)8-2-1-3-9-14/h4-7H,1-3,8-9H2,(H4,16,17,18,19,20). The lowest BCUT2D eigenvalue weighted by Crippen LogP contribution is -2.49. The topological polar surface area (TPSA) is 74.8 Å². The van der Waals surface area contributed by atoms with Crippen molar-refractivity contribution in [3.63, 3.8) is 0 Å². The van der Waals surface area contributed by atoms with Crippen LogP contribution in [0.1, 0.15) is 32.1 Å². The van der Waals surface area contributed by atoms with Crippen molar-refractivity contribution in [2.24, 2.45) is 15.7 Å². The maximum Gasteiger partial charge on any atom is 0.205 e. The molecule has 1 heterocycles. The number of hydrogen-bond acceptors (Lipinski definition) is 5. The molecule has 1 aliphatic carbocycles. The summed E-state index contributed by atoms with van der Waals surface area (Å²) in [7, 11) is 0. The summed E-state index contributed by atoms with van der Waals surface area (Å²) in [5, 5.41) is 6.05. The fraction of sp³-hybridized carbons (Fsp3) is 0.429. The fourth-order valence-electron chi connectivity index (χ4n) is 2.71. The molecule has 106 valence electrons. The van der Waals surface area contributed by atoms with Crippen molar-refractivity contribution in [1.82, 2.24) is 5.32 Å². The summed E-state index contributed by atoms with van der Waals surface area (Å²) in [4.78, 5) is 9.15. The van der Waals surface area contributed by atoms with Crippen molar-refractivity contribution in [1.29, 1.82) is 0 Å². The molecule has 1 aromatic carbocycles. The van der Waals surface area contributed by atoms with Crippen molar-refractivity contribution >= 4 is 17.6 Å². The monoisotopic (exact) mass is 275 g/mol. The van der Waals surface area contributed by atoms with E-state index in [9.17, 15) is 4.39 Å². The molecule has 1 aromatic rings. The van der Waals surface area contributed by atoms with Crippen LogP contribution in [0.5, 0.6) is 0 Å². The van der Waals surface area contributed by atoms with E-state index >= 15 is 0 Å². The van der Waals surface area contributed by atoms with Crippen LogP contribution in [0.4, 0.5) is 10.1 Å². The molecule has 0 saturated heterocycles. The molecule has 1 spiro atoms. The zero-order chi connectivity index (χ0) is 14.0. The van der Waals surface area contributed by atoms with Gasteiger partial charge in [0.1, 0.15) is 5.82 Å². The van der Waals surface area contributed by atoms with Crippen molar-refractivity contribution < 1.29 is 4.39 Å². The first-order valence-electron chi connectivity index (χ1n) is 6.90. The van der Waals surface area contributed by atoms with Crippen molar-refractivity contribution in [2.75, 3.05) is 5.32 Å². The maximum absolute atomic E-state index is 12.9. The van der Waals surface area contributed by atoms with E-state index in [1.807, 2.05) is 0 Å². The van der Waals surface area contributed by atoms with E-state index in [0.29, 0.717) is 11.9 Å². The smallest absolute Gasteiger partial charge is 0.205 e. The Bertz CT molecular complexity index is 543. The molecule has 4 N–H and O–H groups in total. The molecule has 0 unspecified atom stereocenters. The molecule has 2 aliphatic rings. The van der Waals surface area contributed by atoms with E-state index in [-0.39, 0.29) is 5.82 Å². The Morgan fingerprint density at radius 2 is 1.80 bits per heavy atom. The number of halogens is 1. The van der Waals surface area contributed by atoms with Gasteiger partial charge in [0, 0.05) is 5.69 Å². The predicted molar refractivity (Wildman–Crippen MR) is 78.0 cm³/mol. The SMILES string of the molecule is NC1=NC2(CCCCC2)N=C(Nc2ccc(F)cc2)N1. The molecule has 0 amide bonds. The number of rotatable bonds is 1. The fourth-order valence-corrected chi connectivity index (χ4v) is 2.71. The van der Waals surface area contributed by atoms with Gasteiger partial charge in [0.15, 0.2) is 11.6 Å². The highest BCUT2D eigenvalue weighted by atomic mass is 19.1. The molecule has 1 saturated carbocycles. The number of nitrogens with two attached hydrogens (primary N) is 1. The van der Waals surface area contributed by atoms with Gasteiger partial charge in [0.25, 0.3) is 0 Å². The lowest BCUT2D eigenvalue weighted by Gasteiger charge is -2.34. The van der Waals surface area contributed by atoms with Crippen LogP contribution < -0.4 is 16.4 Å². The third-order valence-corrected chi connectivity index (χ3v) is 3.66. The largest absolute Gasteiger partial charge is 0.370 e. The van der Waals surface area contributed by atoms with Gasteiger partial charge in [-0.25, -0.2) is 14.4 Å². The highest BCUT2D eigenvalue weighted by Crippen LogP contribution is 2.34. The van der Waals surface area contributed by atoms with Crippen LogP contribution in [0.2, 0.25) is 0 Å². The summed E-state index contributed by atoms with van der Waals surface area (Å²) in [5.41, 5.74) is 6.21. The zero-order valence-electron chi connectivity index (χ0n) is 11.2. The summed E-state index contributed by atoms with van der Waals surface area (Å²) in [6, 6.07) is 6.13. The molecule has 0 bridgehead atoms. The lowest BCUT2D eigenvalue weighted by molar-refractivity contribution is 0.307. The third-order valence-electron chi connectivity index (χ3n) is 3.66. The number of benzene rings is 1. The molecule has 1 aliphatic heterocycles. The van der Waals surface area contributed by atoms with Crippen LogP contribution in [-0.4, -0.2) is 17.6 Å². The normalized spacial score (nSPS) is 20.9. The minimum absolute atomic E-state index is 0.265. The average molecular weight is 275 g/mol. The van der Waals surface area contributed by atoms with Gasteiger partial charge in [-0.1, -0.05) is 6.42 Å². The molecular weight excluding hydrogens is 257 g/mol. The Hall–Kier alpha value is -2.11. The van der Waals surface area contributed by atoms with Gasteiger partial charge >= 0.3 is 0 Å². The van der Waals surface area contributed by atoms with Crippen LogP contribution in [0.3, 0.4) is 0 Å². The van der Waals surface area contributed by atoms with Crippen LogP contribution in [-0.2, 0) is 0 Å². The third kappa shape index (κ3) is 2.74. The molecule has 0 atom stereocenters. The minimum Gasteiger partial charge on any atom is -0.370 e. The zero-order valence-corrected chi connectivity index (χ0v) is 11.2. The summed E-state index contributed by atoms with van der Waals surface area (Å²) in [5.74, 6) is 0.691. The first kappa shape index (κ1) is 12.9. The summed E-state index contributed by atoms with van der Waals surface area (Å²) in [6.45, 7) is 0. The molecule has 0 aromatic heterocycles. The van der Waals surface area contributed by atoms with Crippen molar-refractivity contribution in [2.45, 2.75) is 37.8 Å². The number of anilines is 1.